The molecule has 29 heavy (non-hydrogen) atoms. The first-order valence-electron chi connectivity index (χ1n) is 10.1. The van der Waals surface area contributed by atoms with Gasteiger partial charge >= 0.3 is 6.03 Å². The Morgan fingerprint density at radius 3 is 2.55 bits per heavy atom. The average Bonchev–Trinajstić information content (AvgIpc) is 3.15. The van der Waals surface area contributed by atoms with Crippen molar-refractivity contribution in [3.05, 3.63) is 66.6 Å². The van der Waals surface area contributed by atoms with Gasteiger partial charge in [0.1, 0.15) is 5.82 Å². The molecule has 0 aliphatic carbocycles. The molecule has 1 saturated heterocycles. The Kier molecular flexibility index (Phi) is 6.04. The van der Waals surface area contributed by atoms with Gasteiger partial charge in [0, 0.05) is 38.2 Å². The predicted molar refractivity (Wildman–Crippen MR) is 114 cm³/mol. The van der Waals surface area contributed by atoms with Crippen LogP contribution in [0.5, 0.6) is 0 Å². The Bertz CT molecular complexity index is 915. The summed E-state index contributed by atoms with van der Waals surface area (Å²) in [6.45, 7) is 2.56. The van der Waals surface area contributed by atoms with Crippen molar-refractivity contribution >= 4 is 17.5 Å². The SMILES string of the molecule is O=C(NCc1ccc(N2CCCCCC2)nc1)Nc1ccccc1-n1cccn1. The fourth-order valence-corrected chi connectivity index (χ4v) is 3.55. The maximum atomic E-state index is 12.4. The number of rotatable bonds is 5. The van der Waals surface area contributed by atoms with E-state index in [4.69, 9.17) is 0 Å². The van der Waals surface area contributed by atoms with Gasteiger partial charge in [-0.05, 0) is 42.7 Å². The fourth-order valence-electron chi connectivity index (χ4n) is 3.55. The van der Waals surface area contributed by atoms with Gasteiger partial charge in [-0.15, -0.1) is 0 Å². The van der Waals surface area contributed by atoms with Crippen molar-refractivity contribution in [2.24, 2.45) is 0 Å². The number of aromatic nitrogens is 3. The van der Waals surface area contributed by atoms with E-state index in [0.717, 1.165) is 30.2 Å². The lowest BCUT2D eigenvalue weighted by Crippen LogP contribution is -2.29. The van der Waals surface area contributed by atoms with Gasteiger partial charge in [-0.3, -0.25) is 0 Å². The Labute approximate surface area is 170 Å². The van der Waals surface area contributed by atoms with Crippen molar-refractivity contribution in [2.75, 3.05) is 23.3 Å². The molecule has 0 spiro atoms. The molecule has 2 aromatic heterocycles. The molecule has 2 amide bonds. The third kappa shape index (κ3) is 4.93. The monoisotopic (exact) mass is 390 g/mol. The van der Waals surface area contributed by atoms with Crippen LogP contribution in [-0.2, 0) is 6.54 Å². The van der Waals surface area contributed by atoms with E-state index in [9.17, 15) is 4.79 Å². The molecule has 1 aliphatic heterocycles. The molecular formula is C22H26N6O. The number of urea groups is 1. The molecule has 1 fully saturated rings. The van der Waals surface area contributed by atoms with E-state index in [-0.39, 0.29) is 6.03 Å². The van der Waals surface area contributed by atoms with Crippen LogP contribution in [-0.4, -0.2) is 33.9 Å². The zero-order valence-corrected chi connectivity index (χ0v) is 16.4. The van der Waals surface area contributed by atoms with E-state index < -0.39 is 0 Å². The smallest absolute Gasteiger partial charge is 0.319 e. The van der Waals surface area contributed by atoms with Crippen LogP contribution < -0.4 is 15.5 Å². The topological polar surface area (TPSA) is 75.1 Å². The molecule has 0 atom stereocenters. The van der Waals surface area contributed by atoms with Gasteiger partial charge in [0.05, 0.1) is 11.4 Å². The Morgan fingerprint density at radius 2 is 1.83 bits per heavy atom. The minimum absolute atomic E-state index is 0.263. The van der Waals surface area contributed by atoms with Crippen molar-refractivity contribution in [1.82, 2.24) is 20.1 Å². The van der Waals surface area contributed by atoms with Crippen LogP contribution in [0.25, 0.3) is 5.69 Å². The van der Waals surface area contributed by atoms with Crippen LogP contribution in [0.15, 0.2) is 61.1 Å². The number of amides is 2. The van der Waals surface area contributed by atoms with E-state index in [1.807, 2.05) is 54.9 Å². The van der Waals surface area contributed by atoms with Crippen molar-refractivity contribution in [1.29, 1.82) is 0 Å². The molecule has 0 saturated carbocycles. The van der Waals surface area contributed by atoms with E-state index >= 15 is 0 Å². The summed E-state index contributed by atoms with van der Waals surface area (Å²) in [6.07, 6.45) is 10.5. The third-order valence-electron chi connectivity index (χ3n) is 5.10. The highest BCUT2D eigenvalue weighted by molar-refractivity contribution is 5.91. The van der Waals surface area contributed by atoms with Crippen LogP contribution in [0.4, 0.5) is 16.3 Å². The number of nitrogens with zero attached hydrogens (tertiary/aromatic N) is 4. The second kappa shape index (κ2) is 9.23. The molecule has 1 aliphatic rings. The molecule has 2 N–H and O–H groups in total. The fraction of sp³-hybridized carbons (Fsp3) is 0.318. The van der Waals surface area contributed by atoms with Gasteiger partial charge in [0.25, 0.3) is 0 Å². The second-order valence-electron chi connectivity index (χ2n) is 7.20. The van der Waals surface area contributed by atoms with Gasteiger partial charge in [0.2, 0.25) is 0 Å². The summed E-state index contributed by atoms with van der Waals surface area (Å²) in [5.41, 5.74) is 2.48. The summed E-state index contributed by atoms with van der Waals surface area (Å²) in [7, 11) is 0. The minimum atomic E-state index is -0.263. The first-order valence-corrected chi connectivity index (χ1v) is 10.1. The highest BCUT2D eigenvalue weighted by Gasteiger charge is 2.11. The second-order valence-corrected chi connectivity index (χ2v) is 7.20. The highest BCUT2D eigenvalue weighted by Crippen LogP contribution is 2.19. The molecule has 1 aromatic carbocycles. The quantitative estimate of drug-likeness (QED) is 0.691. The largest absolute Gasteiger partial charge is 0.357 e. The molecule has 7 heteroatoms. The Balaban J connectivity index is 1.33. The summed E-state index contributed by atoms with van der Waals surface area (Å²) < 4.78 is 1.72. The summed E-state index contributed by atoms with van der Waals surface area (Å²) in [6, 6.07) is 13.2. The summed E-state index contributed by atoms with van der Waals surface area (Å²) in [5.74, 6) is 1.02. The number of anilines is 2. The Hall–Kier alpha value is -3.35. The predicted octanol–water partition coefficient (Wildman–Crippen LogP) is 3.97. The minimum Gasteiger partial charge on any atom is -0.357 e. The molecule has 3 heterocycles. The molecule has 0 unspecified atom stereocenters. The molecule has 150 valence electrons. The first-order chi connectivity index (χ1) is 14.3. The lowest BCUT2D eigenvalue weighted by atomic mass is 10.2. The first kappa shape index (κ1) is 19.0. The number of pyridine rings is 1. The standard InChI is InChI=1S/C22H26N6O/c29-22(26-19-8-3-4-9-20(19)28-15-7-12-25-28)24-17-18-10-11-21(23-16-18)27-13-5-1-2-6-14-27/h3-4,7-12,15-16H,1-2,5-6,13-14,17H2,(H2,24,26,29). The van der Waals surface area contributed by atoms with Crippen LogP contribution in [0.3, 0.4) is 0 Å². The van der Waals surface area contributed by atoms with Crippen molar-refractivity contribution < 1.29 is 4.79 Å². The number of benzene rings is 1. The van der Waals surface area contributed by atoms with E-state index in [2.05, 4.69) is 25.6 Å². The van der Waals surface area contributed by atoms with E-state index in [1.165, 1.54) is 25.7 Å². The number of para-hydroxylation sites is 2. The number of carbonyl (C=O) groups excluding carboxylic acids is 1. The lowest BCUT2D eigenvalue weighted by molar-refractivity contribution is 0.251. The van der Waals surface area contributed by atoms with Gasteiger partial charge in [0.15, 0.2) is 0 Å². The number of hydrogen-bond donors (Lipinski definition) is 2. The highest BCUT2D eigenvalue weighted by atomic mass is 16.2. The van der Waals surface area contributed by atoms with Crippen LogP contribution in [0, 0.1) is 0 Å². The lowest BCUT2D eigenvalue weighted by Gasteiger charge is -2.21. The van der Waals surface area contributed by atoms with Crippen LogP contribution >= 0.6 is 0 Å². The van der Waals surface area contributed by atoms with E-state index in [1.54, 1.807) is 10.9 Å². The molecule has 0 radical (unpaired) electrons. The van der Waals surface area contributed by atoms with Crippen LogP contribution in [0.2, 0.25) is 0 Å². The zero-order chi connectivity index (χ0) is 19.9. The average molecular weight is 390 g/mol. The maximum absolute atomic E-state index is 12.4. The number of nitrogens with one attached hydrogen (secondary N) is 2. The third-order valence-corrected chi connectivity index (χ3v) is 5.10. The zero-order valence-electron chi connectivity index (χ0n) is 16.4. The molecule has 7 nitrogen and oxygen atoms in total. The molecular weight excluding hydrogens is 364 g/mol. The summed E-state index contributed by atoms with van der Waals surface area (Å²) >= 11 is 0. The van der Waals surface area contributed by atoms with Gasteiger partial charge in [-0.2, -0.15) is 5.10 Å². The Morgan fingerprint density at radius 1 is 1.00 bits per heavy atom. The maximum Gasteiger partial charge on any atom is 0.319 e. The molecule has 4 rings (SSSR count). The van der Waals surface area contributed by atoms with Gasteiger partial charge < -0.3 is 15.5 Å². The van der Waals surface area contributed by atoms with Gasteiger partial charge in [-0.25, -0.2) is 14.5 Å². The summed E-state index contributed by atoms with van der Waals surface area (Å²) in [4.78, 5) is 19.3. The van der Waals surface area contributed by atoms with Crippen molar-refractivity contribution in [2.45, 2.75) is 32.2 Å². The normalized spacial score (nSPS) is 14.3. The molecule has 3 aromatic rings. The van der Waals surface area contributed by atoms with Crippen LogP contribution in [0.1, 0.15) is 31.2 Å². The van der Waals surface area contributed by atoms with Crippen molar-refractivity contribution in [3.63, 3.8) is 0 Å². The summed E-state index contributed by atoms with van der Waals surface area (Å²) in [5, 5.41) is 10.0. The van der Waals surface area contributed by atoms with Crippen molar-refractivity contribution in [3.8, 4) is 5.69 Å². The van der Waals surface area contributed by atoms with E-state index in [0.29, 0.717) is 12.2 Å². The number of carbonyl (C=O) groups is 1. The molecule has 0 bridgehead atoms. The van der Waals surface area contributed by atoms with Gasteiger partial charge in [-0.1, -0.05) is 31.0 Å². The number of hydrogen-bond acceptors (Lipinski definition) is 4.